The van der Waals surface area contributed by atoms with Gasteiger partial charge in [-0.25, -0.2) is 4.79 Å². The molecule has 0 aliphatic rings. The number of urea groups is 1. The zero-order chi connectivity index (χ0) is 13.5. The number of amides is 2. The maximum atomic E-state index is 11.5. The van der Waals surface area contributed by atoms with Crippen LogP contribution in [-0.2, 0) is 0 Å². The fraction of sp³-hybridized carbons (Fsp3) is 0.308. The lowest BCUT2D eigenvalue weighted by atomic mass is 10.1. The summed E-state index contributed by atoms with van der Waals surface area (Å²) in [5.74, 6) is -0.0198. The van der Waals surface area contributed by atoms with E-state index in [-0.39, 0.29) is 24.3 Å². The third kappa shape index (κ3) is 4.26. The lowest BCUT2D eigenvalue weighted by Crippen LogP contribution is -2.35. The average Bonchev–Trinajstić information content (AvgIpc) is 2.29. The van der Waals surface area contributed by atoms with Crippen LogP contribution >= 0.6 is 0 Å². The highest BCUT2D eigenvalue weighted by Crippen LogP contribution is 2.09. The van der Waals surface area contributed by atoms with Crippen molar-refractivity contribution in [3.8, 4) is 6.07 Å². The highest BCUT2D eigenvalue weighted by Gasteiger charge is 2.07. The molecule has 0 spiro atoms. The molecule has 0 aromatic heterocycles. The molecule has 1 atom stereocenters. The summed E-state index contributed by atoms with van der Waals surface area (Å²) in [6.07, 6.45) is 0.261. The van der Waals surface area contributed by atoms with Gasteiger partial charge in [0, 0.05) is 17.3 Å². The van der Waals surface area contributed by atoms with Crippen molar-refractivity contribution in [2.75, 3.05) is 5.32 Å². The Labute approximate surface area is 106 Å². The van der Waals surface area contributed by atoms with Crippen molar-refractivity contribution in [2.45, 2.75) is 26.3 Å². The van der Waals surface area contributed by atoms with Gasteiger partial charge in [-0.05, 0) is 38.1 Å². The Bertz CT molecular complexity index is 474. The van der Waals surface area contributed by atoms with Crippen LogP contribution in [-0.4, -0.2) is 17.9 Å². The second-order valence-corrected chi connectivity index (χ2v) is 4.00. The Hall–Kier alpha value is -2.35. The number of Topliss-reactive ketones (excluding diaryl/α,β-unsaturated/α-hetero) is 1. The number of nitriles is 1. The molecular formula is C13H15N3O2. The van der Waals surface area contributed by atoms with Crippen molar-refractivity contribution in [1.29, 1.82) is 5.26 Å². The molecule has 0 fully saturated rings. The minimum absolute atomic E-state index is 0.0198. The minimum Gasteiger partial charge on any atom is -0.334 e. The number of hydrogen-bond acceptors (Lipinski definition) is 3. The quantitative estimate of drug-likeness (QED) is 0.798. The van der Waals surface area contributed by atoms with Gasteiger partial charge in [-0.1, -0.05) is 0 Å². The molecule has 1 aromatic rings. The molecule has 1 aromatic carbocycles. The molecule has 0 aliphatic carbocycles. The van der Waals surface area contributed by atoms with E-state index < -0.39 is 0 Å². The van der Waals surface area contributed by atoms with E-state index in [9.17, 15) is 9.59 Å². The minimum atomic E-state index is -0.367. The number of anilines is 1. The van der Waals surface area contributed by atoms with E-state index in [1.54, 1.807) is 31.2 Å². The molecule has 1 rings (SSSR count). The standard InChI is InChI=1S/C13H15N3O2/c1-9(7-8-14)15-13(18)16-12-5-3-11(4-6-12)10(2)17/h3-6,9H,7H2,1-2H3,(H2,15,16,18). The van der Waals surface area contributed by atoms with Gasteiger partial charge < -0.3 is 10.6 Å². The van der Waals surface area contributed by atoms with Gasteiger partial charge in [-0.15, -0.1) is 0 Å². The van der Waals surface area contributed by atoms with Crippen LogP contribution in [0.4, 0.5) is 10.5 Å². The first-order valence-corrected chi connectivity index (χ1v) is 5.58. The van der Waals surface area contributed by atoms with Crippen LogP contribution in [0.1, 0.15) is 30.6 Å². The van der Waals surface area contributed by atoms with E-state index in [1.165, 1.54) is 6.92 Å². The van der Waals surface area contributed by atoms with Crippen molar-refractivity contribution in [3.63, 3.8) is 0 Å². The normalized spacial score (nSPS) is 11.2. The molecule has 2 amide bonds. The number of hydrogen-bond donors (Lipinski definition) is 2. The summed E-state index contributed by atoms with van der Waals surface area (Å²) >= 11 is 0. The predicted octanol–water partition coefficient (Wildman–Crippen LogP) is 2.31. The maximum Gasteiger partial charge on any atom is 0.319 e. The summed E-state index contributed by atoms with van der Waals surface area (Å²) in [6, 6.07) is 8.02. The second-order valence-electron chi connectivity index (χ2n) is 4.00. The summed E-state index contributed by atoms with van der Waals surface area (Å²) in [5, 5.41) is 13.7. The zero-order valence-electron chi connectivity index (χ0n) is 10.4. The van der Waals surface area contributed by atoms with E-state index in [4.69, 9.17) is 5.26 Å². The third-order valence-electron chi connectivity index (χ3n) is 2.32. The van der Waals surface area contributed by atoms with E-state index in [2.05, 4.69) is 10.6 Å². The van der Waals surface area contributed by atoms with Gasteiger partial charge in [-0.3, -0.25) is 4.79 Å². The predicted molar refractivity (Wildman–Crippen MR) is 68.3 cm³/mol. The van der Waals surface area contributed by atoms with E-state index >= 15 is 0 Å². The Morgan fingerprint density at radius 2 is 1.94 bits per heavy atom. The lowest BCUT2D eigenvalue weighted by molar-refractivity contribution is 0.101. The maximum absolute atomic E-state index is 11.5. The first-order chi connectivity index (χ1) is 8.52. The highest BCUT2D eigenvalue weighted by molar-refractivity contribution is 5.95. The van der Waals surface area contributed by atoms with Crippen LogP contribution in [0.2, 0.25) is 0 Å². The molecule has 0 heterocycles. The fourth-order valence-electron chi connectivity index (χ4n) is 1.37. The smallest absolute Gasteiger partial charge is 0.319 e. The van der Waals surface area contributed by atoms with Crippen molar-refractivity contribution < 1.29 is 9.59 Å². The number of benzene rings is 1. The molecule has 0 radical (unpaired) electrons. The highest BCUT2D eigenvalue weighted by atomic mass is 16.2. The van der Waals surface area contributed by atoms with Gasteiger partial charge >= 0.3 is 6.03 Å². The van der Waals surface area contributed by atoms with Crippen molar-refractivity contribution in [2.24, 2.45) is 0 Å². The van der Waals surface area contributed by atoms with Crippen LogP contribution in [0.5, 0.6) is 0 Å². The number of carbonyl (C=O) groups is 2. The summed E-state index contributed by atoms with van der Waals surface area (Å²) in [4.78, 5) is 22.6. The van der Waals surface area contributed by atoms with E-state index in [1.807, 2.05) is 6.07 Å². The van der Waals surface area contributed by atoms with Crippen LogP contribution < -0.4 is 10.6 Å². The fourth-order valence-corrected chi connectivity index (χ4v) is 1.37. The molecule has 5 nitrogen and oxygen atoms in total. The van der Waals surface area contributed by atoms with Crippen molar-refractivity contribution in [1.82, 2.24) is 5.32 Å². The number of nitrogens with one attached hydrogen (secondary N) is 2. The second kappa shape index (κ2) is 6.40. The van der Waals surface area contributed by atoms with Gasteiger partial charge in [0.1, 0.15) is 0 Å². The Morgan fingerprint density at radius 1 is 1.33 bits per heavy atom. The first-order valence-electron chi connectivity index (χ1n) is 5.58. The van der Waals surface area contributed by atoms with Gasteiger partial charge in [0.15, 0.2) is 5.78 Å². The van der Waals surface area contributed by atoms with E-state index in [0.717, 1.165) is 0 Å². The topological polar surface area (TPSA) is 82.0 Å². The van der Waals surface area contributed by atoms with Crippen LogP contribution in [0.25, 0.3) is 0 Å². The molecule has 0 bridgehead atoms. The molecule has 0 saturated heterocycles. The van der Waals surface area contributed by atoms with Crippen LogP contribution in [0.3, 0.4) is 0 Å². The first kappa shape index (κ1) is 13.7. The average molecular weight is 245 g/mol. The Balaban J connectivity index is 2.55. The Morgan fingerprint density at radius 3 is 2.44 bits per heavy atom. The van der Waals surface area contributed by atoms with E-state index in [0.29, 0.717) is 11.3 Å². The Kier molecular flexibility index (Phi) is 4.88. The molecule has 94 valence electrons. The molecule has 0 saturated carbocycles. The van der Waals surface area contributed by atoms with Gasteiger partial charge in [0.05, 0.1) is 12.5 Å². The monoisotopic (exact) mass is 245 g/mol. The van der Waals surface area contributed by atoms with Crippen molar-refractivity contribution >= 4 is 17.5 Å². The van der Waals surface area contributed by atoms with Gasteiger partial charge in [-0.2, -0.15) is 5.26 Å². The van der Waals surface area contributed by atoms with Crippen LogP contribution in [0.15, 0.2) is 24.3 Å². The summed E-state index contributed by atoms with van der Waals surface area (Å²) in [7, 11) is 0. The van der Waals surface area contributed by atoms with Gasteiger partial charge in [0.25, 0.3) is 0 Å². The molecule has 2 N–H and O–H groups in total. The molecule has 5 heteroatoms. The zero-order valence-corrected chi connectivity index (χ0v) is 10.4. The molecule has 0 aliphatic heterocycles. The SMILES string of the molecule is CC(=O)c1ccc(NC(=O)NC(C)CC#N)cc1. The lowest BCUT2D eigenvalue weighted by Gasteiger charge is -2.11. The molecule has 1 unspecified atom stereocenters. The number of nitrogens with zero attached hydrogens (tertiary/aromatic N) is 1. The largest absolute Gasteiger partial charge is 0.334 e. The molecular weight excluding hydrogens is 230 g/mol. The van der Waals surface area contributed by atoms with Crippen molar-refractivity contribution in [3.05, 3.63) is 29.8 Å². The van der Waals surface area contributed by atoms with Gasteiger partial charge in [0.2, 0.25) is 0 Å². The molecule has 18 heavy (non-hydrogen) atoms. The summed E-state index contributed by atoms with van der Waals surface area (Å²) in [6.45, 7) is 3.24. The number of carbonyl (C=O) groups excluding carboxylic acids is 2. The summed E-state index contributed by atoms with van der Waals surface area (Å²) in [5.41, 5.74) is 1.19. The van der Waals surface area contributed by atoms with Crippen LogP contribution in [0, 0.1) is 11.3 Å². The number of ketones is 1. The third-order valence-corrected chi connectivity index (χ3v) is 2.32. The number of rotatable bonds is 4. The summed E-state index contributed by atoms with van der Waals surface area (Å²) < 4.78 is 0.